The van der Waals surface area contributed by atoms with Gasteiger partial charge >= 0.3 is 5.97 Å². The lowest BCUT2D eigenvalue weighted by molar-refractivity contribution is -0.141. The van der Waals surface area contributed by atoms with Crippen molar-refractivity contribution in [3.8, 4) is 11.5 Å². The molecule has 0 aliphatic heterocycles. The maximum atomic E-state index is 13.1. The fourth-order valence-corrected chi connectivity index (χ4v) is 4.79. The molecule has 2 aromatic carbocycles. The van der Waals surface area contributed by atoms with Crippen LogP contribution < -0.4 is 14.2 Å². The van der Waals surface area contributed by atoms with Gasteiger partial charge in [0.15, 0.2) is 11.5 Å². The number of methoxy groups -OCH3 is 3. The van der Waals surface area contributed by atoms with Crippen molar-refractivity contribution in [2.45, 2.75) is 17.4 Å². The monoisotopic (exact) mass is 437 g/mol. The first kappa shape index (κ1) is 21.0. The first-order valence-corrected chi connectivity index (χ1v) is 10.6. The number of benzene rings is 2. The van der Waals surface area contributed by atoms with Gasteiger partial charge < -0.3 is 14.2 Å². The van der Waals surface area contributed by atoms with Crippen LogP contribution in [-0.4, -0.2) is 44.5 Å². The molecule has 3 rings (SSSR count). The summed E-state index contributed by atoms with van der Waals surface area (Å²) in [6.45, 7) is 0. The van der Waals surface area contributed by atoms with Gasteiger partial charge in [0.1, 0.15) is 15.9 Å². The van der Waals surface area contributed by atoms with Crippen LogP contribution in [0.15, 0.2) is 41.3 Å². The molecule has 0 aliphatic rings. The summed E-state index contributed by atoms with van der Waals surface area (Å²) in [6.07, 6.45) is -0.212. The van der Waals surface area contributed by atoms with Crippen LogP contribution in [0, 0.1) is 0 Å². The number of hydrogen-bond donors (Lipinski definition) is 1. The highest BCUT2D eigenvalue weighted by Gasteiger charge is 2.27. The van der Waals surface area contributed by atoms with Crippen molar-refractivity contribution in [1.29, 1.82) is 0 Å². The zero-order chi connectivity index (χ0) is 21.0. The smallest absolute Gasteiger partial charge is 0.307 e. The van der Waals surface area contributed by atoms with Crippen molar-refractivity contribution >= 4 is 38.8 Å². The third kappa shape index (κ3) is 4.47. The number of rotatable bonds is 8. The molecule has 0 fully saturated rings. The fourth-order valence-electron chi connectivity index (χ4n) is 2.80. The molecule has 0 spiro atoms. The molecule has 0 saturated carbocycles. The summed E-state index contributed by atoms with van der Waals surface area (Å²) in [7, 11) is 0.185. The van der Waals surface area contributed by atoms with E-state index in [0.717, 1.165) is 11.7 Å². The first-order chi connectivity index (χ1) is 13.9. The number of hydrogen-bond acceptors (Lipinski definition) is 9. The van der Waals surface area contributed by atoms with E-state index in [9.17, 15) is 13.2 Å². The highest BCUT2D eigenvalue weighted by molar-refractivity contribution is 7.89. The van der Waals surface area contributed by atoms with Crippen LogP contribution in [0.1, 0.15) is 18.0 Å². The zero-order valence-corrected chi connectivity index (χ0v) is 17.5. The van der Waals surface area contributed by atoms with E-state index in [1.807, 2.05) is 0 Å². The Kier molecular flexibility index (Phi) is 6.30. The Labute approximate surface area is 172 Å². The van der Waals surface area contributed by atoms with Crippen LogP contribution in [-0.2, 0) is 19.6 Å². The zero-order valence-electron chi connectivity index (χ0n) is 15.9. The van der Waals surface area contributed by atoms with Crippen LogP contribution in [0.25, 0.3) is 11.0 Å². The predicted octanol–water partition coefficient (Wildman–Crippen LogP) is 2.29. The number of carbonyl (C=O) groups excluding carboxylic acids is 1. The Morgan fingerprint density at radius 3 is 2.55 bits per heavy atom. The van der Waals surface area contributed by atoms with E-state index < -0.39 is 22.0 Å². The molecule has 1 heterocycles. The van der Waals surface area contributed by atoms with Crippen LogP contribution in [0.4, 0.5) is 0 Å². The van der Waals surface area contributed by atoms with E-state index >= 15 is 0 Å². The number of nitrogens with one attached hydrogen (secondary N) is 1. The highest BCUT2D eigenvalue weighted by atomic mass is 32.2. The Hall–Kier alpha value is -2.76. The third-order valence-electron chi connectivity index (χ3n) is 4.24. The molecule has 0 amide bonds. The van der Waals surface area contributed by atoms with Crippen molar-refractivity contribution in [2.24, 2.45) is 0 Å². The lowest BCUT2D eigenvalue weighted by Crippen LogP contribution is -2.30. The number of fused-ring (bicyclic) bond motifs is 1. The van der Waals surface area contributed by atoms with Crippen LogP contribution in [0.5, 0.6) is 11.5 Å². The summed E-state index contributed by atoms with van der Waals surface area (Å²) < 4.78 is 52.1. The average molecular weight is 437 g/mol. The van der Waals surface area contributed by atoms with Gasteiger partial charge in [-0.1, -0.05) is 12.1 Å². The second-order valence-corrected chi connectivity index (χ2v) is 8.17. The van der Waals surface area contributed by atoms with Crippen molar-refractivity contribution in [1.82, 2.24) is 13.5 Å². The molecule has 1 atom stereocenters. The summed E-state index contributed by atoms with van der Waals surface area (Å²) in [5, 5.41) is 0. The molecule has 1 N–H and O–H groups in total. The van der Waals surface area contributed by atoms with Crippen LogP contribution >= 0.6 is 11.7 Å². The molecule has 0 bridgehead atoms. The molecule has 1 aromatic heterocycles. The lowest BCUT2D eigenvalue weighted by atomic mass is 10.0. The second kappa shape index (κ2) is 8.72. The van der Waals surface area contributed by atoms with E-state index in [0.29, 0.717) is 22.6 Å². The molecule has 154 valence electrons. The number of esters is 1. The van der Waals surface area contributed by atoms with Crippen LogP contribution in [0.2, 0.25) is 0 Å². The normalized spacial score (nSPS) is 12.5. The van der Waals surface area contributed by atoms with Crippen molar-refractivity contribution in [2.75, 3.05) is 21.3 Å². The first-order valence-electron chi connectivity index (χ1n) is 8.42. The van der Waals surface area contributed by atoms with E-state index in [1.54, 1.807) is 30.3 Å². The highest BCUT2D eigenvalue weighted by Crippen LogP contribution is 2.32. The number of ether oxygens (including phenoxy) is 3. The van der Waals surface area contributed by atoms with Crippen molar-refractivity contribution in [3.05, 3.63) is 42.0 Å². The Bertz CT molecular complexity index is 1130. The molecule has 0 radical (unpaired) electrons. The second-order valence-electron chi connectivity index (χ2n) is 5.96. The van der Waals surface area contributed by atoms with E-state index in [4.69, 9.17) is 14.2 Å². The van der Waals surface area contributed by atoms with Gasteiger partial charge in [0.05, 0.1) is 45.5 Å². The largest absolute Gasteiger partial charge is 0.493 e. The van der Waals surface area contributed by atoms with E-state index in [1.165, 1.54) is 27.4 Å². The van der Waals surface area contributed by atoms with Gasteiger partial charge in [0, 0.05) is 0 Å². The summed E-state index contributed by atoms with van der Waals surface area (Å²) in [4.78, 5) is 11.9. The molecule has 0 saturated heterocycles. The molecule has 0 aliphatic carbocycles. The minimum absolute atomic E-state index is 0.0147. The van der Waals surface area contributed by atoms with Gasteiger partial charge in [-0.3, -0.25) is 4.79 Å². The summed E-state index contributed by atoms with van der Waals surface area (Å²) in [5.74, 6) is 0.320. The average Bonchev–Trinajstić information content (AvgIpc) is 3.21. The standard InChI is InChI=1S/C18H19N3O6S2/c1-25-14-8-7-11(9-15(14)26-2)13(10-17(22)27-3)21-29(23,24)16-6-4-5-12-18(16)20-28-19-12/h4-9,13,21H,10H2,1-3H3/t13-/m1/s1. The third-order valence-corrected chi connectivity index (χ3v) is 6.29. The number of carbonyl (C=O) groups is 1. The summed E-state index contributed by atoms with van der Waals surface area (Å²) in [6, 6.07) is 8.72. The van der Waals surface area contributed by atoms with Gasteiger partial charge in [-0.2, -0.15) is 8.75 Å². The van der Waals surface area contributed by atoms with Crippen molar-refractivity contribution in [3.63, 3.8) is 0 Å². The molecule has 3 aromatic rings. The van der Waals surface area contributed by atoms with Gasteiger partial charge in [-0.25, -0.2) is 13.1 Å². The minimum Gasteiger partial charge on any atom is -0.493 e. The van der Waals surface area contributed by atoms with Gasteiger partial charge in [0.25, 0.3) is 0 Å². The molecular weight excluding hydrogens is 418 g/mol. The number of aromatic nitrogens is 2. The molecular formula is C18H19N3O6S2. The Balaban J connectivity index is 2.01. The van der Waals surface area contributed by atoms with Crippen LogP contribution in [0.3, 0.4) is 0 Å². The van der Waals surface area contributed by atoms with Crippen molar-refractivity contribution < 1.29 is 27.4 Å². The minimum atomic E-state index is -4.02. The van der Waals surface area contributed by atoms with E-state index in [-0.39, 0.29) is 16.8 Å². The van der Waals surface area contributed by atoms with Gasteiger partial charge in [-0.15, -0.1) is 0 Å². The fraction of sp³-hybridized carbons (Fsp3) is 0.278. The summed E-state index contributed by atoms with van der Waals surface area (Å²) >= 11 is 0.925. The molecule has 11 heteroatoms. The Morgan fingerprint density at radius 2 is 1.86 bits per heavy atom. The number of sulfonamides is 1. The van der Waals surface area contributed by atoms with E-state index in [2.05, 4.69) is 13.5 Å². The Morgan fingerprint density at radius 1 is 1.10 bits per heavy atom. The maximum absolute atomic E-state index is 13.1. The maximum Gasteiger partial charge on any atom is 0.307 e. The molecule has 0 unspecified atom stereocenters. The van der Waals surface area contributed by atoms with Gasteiger partial charge in [0.2, 0.25) is 10.0 Å². The topological polar surface area (TPSA) is 117 Å². The van der Waals surface area contributed by atoms with Gasteiger partial charge in [-0.05, 0) is 29.8 Å². The predicted molar refractivity (Wildman–Crippen MR) is 107 cm³/mol. The molecule has 9 nitrogen and oxygen atoms in total. The quantitative estimate of drug-likeness (QED) is 0.534. The molecule has 29 heavy (non-hydrogen) atoms. The lowest BCUT2D eigenvalue weighted by Gasteiger charge is -2.20. The summed E-state index contributed by atoms with van der Waals surface area (Å²) in [5.41, 5.74) is 1.27. The number of nitrogens with zero attached hydrogens (tertiary/aromatic N) is 2. The SMILES string of the molecule is COC(=O)C[C@@H](NS(=O)(=O)c1cccc2nsnc12)c1ccc(OC)c(OC)c1.